The monoisotopic (exact) mass is 334 g/mol. The maximum Gasteiger partial charge on any atom is 0.239 e. The quantitative estimate of drug-likeness (QED) is 0.677. The van der Waals surface area contributed by atoms with E-state index in [1.807, 2.05) is 11.9 Å². The van der Waals surface area contributed by atoms with E-state index in [-0.39, 0.29) is 11.9 Å². The molecule has 2 aliphatic rings. The van der Waals surface area contributed by atoms with Gasteiger partial charge in [-0.15, -0.1) is 6.42 Å². The third-order valence-corrected chi connectivity index (χ3v) is 5.67. The van der Waals surface area contributed by atoms with Crippen LogP contribution in [0.25, 0.3) is 0 Å². The van der Waals surface area contributed by atoms with Gasteiger partial charge in [0.15, 0.2) is 0 Å². The molecule has 0 aromatic heterocycles. The van der Waals surface area contributed by atoms with Crippen molar-refractivity contribution in [3.8, 4) is 12.3 Å². The lowest BCUT2D eigenvalue weighted by molar-refractivity contribution is -0.136. The Morgan fingerprint density at radius 3 is 2.50 bits per heavy atom. The molecule has 0 radical (unpaired) electrons. The fraction of sp³-hybridized carbons (Fsp3) is 0.842. The van der Waals surface area contributed by atoms with Gasteiger partial charge in [0, 0.05) is 26.2 Å². The first-order valence-corrected chi connectivity index (χ1v) is 9.34. The Hall–Kier alpha value is -1.09. The molecule has 2 aliphatic heterocycles. The topological polar surface area (TPSA) is 30.0 Å². The number of likely N-dealkylation sites (N-methyl/N-ethyl adjacent to an activating group) is 2. The van der Waals surface area contributed by atoms with Crippen molar-refractivity contribution < 1.29 is 4.79 Å². The molecule has 0 aromatic rings. The van der Waals surface area contributed by atoms with Crippen LogP contribution in [0.3, 0.4) is 0 Å². The third kappa shape index (κ3) is 5.20. The Balaban J connectivity index is 1.79. The normalized spacial score (nSPS) is 24.0. The molecule has 5 heteroatoms. The van der Waals surface area contributed by atoms with Gasteiger partial charge in [-0.05, 0) is 59.4 Å². The van der Waals surface area contributed by atoms with Gasteiger partial charge in [0.05, 0.1) is 12.6 Å². The molecular formula is C19H34N4O. The maximum absolute atomic E-state index is 12.8. The number of carbonyl (C=O) groups is 1. The zero-order valence-corrected chi connectivity index (χ0v) is 15.7. The zero-order valence-electron chi connectivity index (χ0n) is 15.7. The fourth-order valence-corrected chi connectivity index (χ4v) is 3.87. The van der Waals surface area contributed by atoms with Gasteiger partial charge in [-0.2, -0.15) is 0 Å². The van der Waals surface area contributed by atoms with E-state index in [1.165, 1.54) is 25.9 Å². The molecule has 0 unspecified atom stereocenters. The number of hydrogen-bond acceptors (Lipinski definition) is 4. The number of piperidine rings is 2. The minimum atomic E-state index is -0.0200. The number of rotatable bonds is 6. The molecule has 1 atom stereocenters. The summed E-state index contributed by atoms with van der Waals surface area (Å²) in [6.45, 7) is 5.62. The molecule has 2 heterocycles. The Kier molecular flexibility index (Phi) is 7.54. The summed E-state index contributed by atoms with van der Waals surface area (Å²) in [5.41, 5.74) is 0. The van der Waals surface area contributed by atoms with E-state index in [2.05, 4.69) is 34.7 Å². The molecule has 1 amide bonds. The van der Waals surface area contributed by atoms with Crippen LogP contribution in [0.1, 0.15) is 32.1 Å². The third-order valence-electron chi connectivity index (χ3n) is 5.67. The van der Waals surface area contributed by atoms with Gasteiger partial charge in [-0.25, -0.2) is 0 Å². The van der Waals surface area contributed by atoms with Crippen LogP contribution in [-0.2, 0) is 4.79 Å². The average Bonchev–Trinajstić information content (AvgIpc) is 2.60. The molecule has 0 aromatic carbocycles. The van der Waals surface area contributed by atoms with Gasteiger partial charge in [0.2, 0.25) is 5.91 Å². The minimum Gasteiger partial charge on any atom is -0.343 e. The first kappa shape index (κ1) is 19.2. The predicted molar refractivity (Wildman–Crippen MR) is 98.8 cm³/mol. The summed E-state index contributed by atoms with van der Waals surface area (Å²) in [5.74, 6) is 2.94. The van der Waals surface area contributed by atoms with Crippen LogP contribution in [0.5, 0.6) is 0 Å². The number of carbonyl (C=O) groups excluding carboxylic acids is 1. The predicted octanol–water partition coefficient (Wildman–Crippen LogP) is 0.959. The van der Waals surface area contributed by atoms with Crippen molar-refractivity contribution in [2.75, 3.05) is 60.4 Å². The first-order valence-electron chi connectivity index (χ1n) is 9.34. The van der Waals surface area contributed by atoms with Gasteiger partial charge in [0.25, 0.3) is 0 Å². The highest BCUT2D eigenvalue weighted by Crippen LogP contribution is 2.18. The van der Waals surface area contributed by atoms with E-state index in [0.717, 1.165) is 38.9 Å². The van der Waals surface area contributed by atoms with Crippen LogP contribution < -0.4 is 0 Å². The largest absolute Gasteiger partial charge is 0.343 e. The summed E-state index contributed by atoms with van der Waals surface area (Å²) < 4.78 is 0. The van der Waals surface area contributed by atoms with Gasteiger partial charge in [0.1, 0.15) is 0 Å². The highest BCUT2D eigenvalue weighted by molar-refractivity contribution is 5.81. The van der Waals surface area contributed by atoms with E-state index in [4.69, 9.17) is 6.42 Å². The Morgan fingerprint density at radius 2 is 1.83 bits per heavy atom. The van der Waals surface area contributed by atoms with Crippen molar-refractivity contribution in [2.45, 2.75) is 44.2 Å². The molecule has 0 bridgehead atoms. The van der Waals surface area contributed by atoms with Gasteiger partial charge < -0.3 is 14.7 Å². The Bertz CT molecular complexity index is 439. The highest BCUT2D eigenvalue weighted by Gasteiger charge is 2.30. The number of amides is 1. The highest BCUT2D eigenvalue weighted by atomic mass is 16.2. The van der Waals surface area contributed by atoms with E-state index < -0.39 is 0 Å². The Labute approximate surface area is 147 Å². The van der Waals surface area contributed by atoms with E-state index in [1.54, 1.807) is 0 Å². The number of terminal acetylenes is 1. The summed E-state index contributed by atoms with van der Waals surface area (Å²) in [5, 5.41) is 0. The second kappa shape index (κ2) is 9.41. The molecule has 2 fully saturated rings. The van der Waals surface area contributed by atoms with E-state index >= 15 is 0 Å². The molecular weight excluding hydrogens is 300 g/mol. The zero-order chi connectivity index (χ0) is 17.5. The summed E-state index contributed by atoms with van der Waals surface area (Å²) in [7, 11) is 6.32. The number of hydrogen-bond donors (Lipinski definition) is 0. The van der Waals surface area contributed by atoms with E-state index in [9.17, 15) is 4.79 Å². The second-order valence-corrected chi connectivity index (χ2v) is 7.46. The van der Waals surface area contributed by atoms with Crippen LogP contribution >= 0.6 is 0 Å². The van der Waals surface area contributed by atoms with Gasteiger partial charge in [-0.1, -0.05) is 12.3 Å². The SMILES string of the molecule is C#CCN1CCCC[C@@H]1C(=O)N(C)CCN(C)C1CCN(C)CC1. The van der Waals surface area contributed by atoms with Gasteiger partial charge in [-0.3, -0.25) is 9.69 Å². The number of nitrogens with zero attached hydrogens (tertiary/aromatic N) is 4. The molecule has 0 aliphatic carbocycles. The summed E-state index contributed by atoms with van der Waals surface area (Å²) in [6, 6.07) is 0.630. The molecule has 2 saturated heterocycles. The van der Waals surface area contributed by atoms with Crippen LogP contribution in [0.15, 0.2) is 0 Å². The van der Waals surface area contributed by atoms with Crippen LogP contribution in [0, 0.1) is 12.3 Å². The molecule has 5 nitrogen and oxygen atoms in total. The lowest BCUT2D eigenvalue weighted by atomic mass is 10.0. The van der Waals surface area contributed by atoms with Crippen LogP contribution in [0.4, 0.5) is 0 Å². The Morgan fingerprint density at radius 1 is 1.12 bits per heavy atom. The second-order valence-electron chi connectivity index (χ2n) is 7.46. The van der Waals surface area contributed by atoms with Crippen molar-refractivity contribution in [2.24, 2.45) is 0 Å². The van der Waals surface area contributed by atoms with Crippen molar-refractivity contribution in [3.63, 3.8) is 0 Å². The van der Waals surface area contributed by atoms with Crippen LogP contribution in [-0.4, -0.2) is 98.0 Å². The molecule has 0 saturated carbocycles. The molecule has 136 valence electrons. The smallest absolute Gasteiger partial charge is 0.239 e. The fourth-order valence-electron chi connectivity index (χ4n) is 3.87. The molecule has 24 heavy (non-hydrogen) atoms. The van der Waals surface area contributed by atoms with Crippen molar-refractivity contribution >= 4 is 5.91 Å². The molecule has 0 spiro atoms. The lowest BCUT2D eigenvalue weighted by Crippen LogP contribution is -2.51. The molecule has 2 rings (SSSR count). The summed E-state index contributed by atoms with van der Waals surface area (Å²) in [6.07, 6.45) is 11.1. The first-order chi connectivity index (χ1) is 11.5. The average molecular weight is 335 g/mol. The van der Waals surface area contributed by atoms with Gasteiger partial charge >= 0.3 is 0 Å². The standard InChI is InChI=1S/C19H34N4O/c1-5-11-23-12-7-6-8-18(23)19(24)22(4)16-15-21(3)17-9-13-20(2)14-10-17/h1,17-18H,6-16H2,2-4H3/t18-/m1/s1. The van der Waals surface area contributed by atoms with Crippen LogP contribution in [0.2, 0.25) is 0 Å². The lowest BCUT2D eigenvalue weighted by Gasteiger charge is -2.37. The maximum atomic E-state index is 12.8. The van der Waals surface area contributed by atoms with Crippen molar-refractivity contribution in [1.82, 2.24) is 19.6 Å². The van der Waals surface area contributed by atoms with E-state index in [0.29, 0.717) is 12.6 Å². The summed E-state index contributed by atoms with van der Waals surface area (Å²) >= 11 is 0. The number of likely N-dealkylation sites (tertiary alicyclic amines) is 2. The minimum absolute atomic E-state index is 0.0200. The summed E-state index contributed by atoms with van der Waals surface area (Å²) in [4.78, 5) is 21.7. The van der Waals surface area contributed by atoms with Crippen molar-refractivity contribution in [1.29, 1.82) is 0 Å². The van der Waals surface area contributed by atoms with Crippen molar-refractivity contribution in [3.05, 3.63) is 0 Å². The molecule has 0 N–H and O–H groups in total.